The van der Waals surface area contributed by atoms with Gasteiger partial charge in [-0.15, -0.1) is 0 Å². The fourth-order valence-electron chi connectivity index (χ4n) is 3.74. The van der Waals surface area contributed by atoms with Gasteiger partial charge in [-0.25, -0.2) is 9.59 Å². The first-order chi connectivity index (χ1) is 13.2. The zero-order valence-corrected chi connectivity index (χ0v) is 16.9. The van der Waals surface area contributed by atoms with E-state index in [4.69, 9.17) is 4.74 Å². The molecule has 2 amide bonds. The van der Waals surface area contributed by atoms with Crippen LogP contribution < -0.4 is 10.6 Å². The van der Waals surface area contributed by atoms with Gasteiger partial charge >= 0.3 is 12.0 Å². The van der Waals surface area contributed by atoms with Crippen LogP contribution in [0.25, 0.3) is 10.8 Å². The van der Waals surface area contributed by atoms with Crippen LogP contribution in [0.4, 0.5) is 10.5 Å². The topological polar surface area (TPSA) is 70.7 Å². The lowest BCUT2D eigenvalue weighted by molar-refractivity contribution is -0.145. The molecule has 3 rings (SSSR count). The van der Waals surface area contributed by atoms with E-state index in [0.29, 0.717) is 0 Å². The van der Waals surface area contributed by atoms with E-state index in [-0.39, 0.29) is 17.4 Å². The lowest BCUT2D eigenvalue weighted by atomic mass is 9.91. The van der Waals surface area contributed by atoms with Crippen molar-refractivity contribution in [2.24, 2.45) is 5.41 Å². The summed E-state index contributed by atoms with van der Waals surface area (Å²) in [5.41, 5.74) is 1.54. The number of carbonyl (C=O) groups is 2. The third-order valence-corrected chi connectivity index (χ3v) is 5.02. The largest absolute Gasteiger partial charge is 0.467 e. The van der Waals surface area contributed by atoms with Crippen LogP contribution in [0.1, 0.15) is 20.8 Å². The summed E-state index contributed by atoms with van der Waals surface area (Å²) < 4.78 is 4.97. The van der Waals surface area contributed by atoms with Gasteiger partial charge in [0.05, 0.1) is 18.8 Å². The van der Waals surface area contributed by atoms with Crippen molar-refractivity contribution in [3.63, 3.8) is 0 Å². The number of esters is 1. The molecule has 0 aromatic heterocycles. The van der Waals surface area contributed by atoms with Crippen LogP contribution >= 0.6 is 0 Å². The molecule has 1 aliphatic rings. The standard InChI is InChI=1S/C22H27N3O3/c1-22(2,3)18-13-17(19(25(18)4)20(26)28-5)24-21(27)23-16-12-8-10-14-9-6-7-11-15(14)16/h6-13,17,19H,1-5H3,(H2,23,24,27). The molecule has 0 aliphatic carbocycles. The van der Waals surface area contributed by atoms with E-state index in [1.807, 2.05) is 60.5 Å². The molecule has 6 nitrogen and oxygen atoms in total. The SMILES string of the molecule is COC(=O)C1C(NC(=O)Nc2cccc3ccccc23)C=C(C(C)(C)C)N1C. The number of amides is 2. The number of nitrogens with zero attached hydrogens (tertiary/aromatic N) is 1. The summed E-state index contributed by atoms with van der Waals surface area (Å²) in [5, 5.41) is 7.83. The second kappa shape index (κ2) is 7.54. The summed E-state index contributed by atoms with van der Waals surface area (Å²) in [6, 6.07) is 12.2. The van der Waals surface area contributed by atoms with Crippen LogP contribution in [-0.4, -0.2) is 43.1 Å². The van der Waals surface area contributed by atoms with E-state index in [1.165, 1.54) is 7.11 Å². The first-order valence-corrected chi connectivity index (χ1v) is 9.30. The number of rotatable bonds is 3. The Morgan fingerprint density at radius 3 is 2.43 bits per heavy atom. The zero-order chi connectivity index (χ0) is 20.5. The molecular weight excluding hydrogens is 354 g/mol. The molecule has 1 aliphatic heterocycles. The zero-order valence-electron chi connectivity index (χ0n) is 16.9. The number of methoxy groups -OCH3 is 1. The van der Waals surface area contributed by atoms with E-state index in [2.05, 4.69) is 31.4 Å². The number of urea groups is 1. The summed E-state index contributed by atoms with van der Waals surface area (Å²) in [7, 11) is 3.21. The van der Waals surface area contributed by atoms with Crippen LogP contribution in [0.5, 0.6) is 0 Å². The highest BCUT2D eigenvalue weighted by Crippen LogP contribution is 2.35. The second-order valence-corrected chi connectivity index (χ2v) is 8.03. The van der Waals surface area contributed by atoms with Gasteiger partial charge in [-0.3, -0.25) is 0 Å². The molecule has 0 bridgehead atoms. The van der Waals surface area contributed by atoms with Crippen molar-refractivity contribution >= 4 is 28.5 Å². The average Bonchev–Trinajstić information content (AvgIpc) is 2.97. The fourth-order valence-corrected chi connectivity index (χ4v) is 3.74. The Morgan fingerprint density at radius 1 is 1.07 bits per heavy atom. The minimum absolute atomic E-state index is 0.163. The highest BCUT2D eigenvalue weighted by atomic mass is 16.5. The van der Waals surface area contributed by atoms with E-state index in [0.717, 1.165) is 22.2 Å². The Kier molecular flexibility index (Phi) is 5.31. The summed E-state index contributed by atoms with van der Waals surface area (Å²) >= 11 is 0. The van der Waals surface area contributed by atoms with Crippen LogP contribution in [-0.2, 0) is 9.53 Å². The highest BCUT2D eigenvalue weighted by molar-refractivity contribution is 6.01. The lowest BCUT2D eigenvalue weighted by Crippen LogP contribution is -2.51. The van der Waals surface area contributed by atoms with Crippen molar-refractivity contribution in [2.45, 2.75) is 32.9 Å². The predicted molar refractivity (Wildman–Crippen MR) is 111 cm³/mol. The molecule has 0 saturated heterocycles. The van der Waals surface area contributed by atoms with Gasteiger partial charge in [0.2, 0.25) is 0 Å². The Balaban J connectivity index is 1.82. The van der Waals surface area contributed by atoms with Crippen LogP contribution in [0, 0.1) is 5.41 Å². The van der Waals surface area contributed by atoms with E-state index in [1.54, 1.807) is 0 Å². The lowest BCUT2D eigenvalue weighted by Gasteiger charge is -2.32. The Hall–Kier alpha value is -3.02. The fraction of sp³-hybridized carbons (Fsp3) is 0.364. The average molecular weight is 381 g/mol. The van der Waals surface area contributed by atoms with Gasteiger partial charge < -0.3 is 20.3 Å². The number of ether oxygens (including phenoxy) is 1. The van der Waals surface area contributed by atoms with Crippen LogP contribution in [0.3, 0.4) is 0 Å². The number of benzene rings is 2. The third-order valence-electron chi connectivity index (χ3n) is 5.02. The molecule has 0 fully saturated rings. The molecule has 1 heterocycles. The Bertz CT molecular complexity index is 925. The minimum Gasteiger partial charge on any atom is -0.467 e. The number of hydrogen-bond acceptors (Lipinski definition) is 4. The summed E-state index contributed by atoms with van der Waals surface area (Å²) in [4.78, 5) is 26.9. The minimum atomic E-state index is -0.600. The summed E-state index contributed by atoms with van der Waals surface area (Å²) in [5.74, 6) is -0.381. The quantitative estimate of drug-likeness (QED) is 0.795. The predicted octanol–water partition coefficient (Wildman–Crippen LogP) is 3.75. The number of fused-ring (bicyclic) bond motifs is 1. The molecule has 2 aromatic carbocycles. The number of nitrogens with one attached hydrogen (secondary N) is 2. The number of anilines is 1. The maximum Gasteiger partial charge on any atom is 0.330 e. The molecule has 0 spiro atoms. The molecule has 6 heteroatoms. The molecule has 2 aromatic rings. The van der Waals surface area contributed by atoms with Gasteiger partial charge in [-0.1, -0.05) is 57.2 Å². The first kappa shape index (κ1) is 19.7. The van der Waals surface area contributed by atoms with Gasteiger partial charge in [0, 0.05) is 23.5 Å². The molecule has 2 atom stereocenters. The Morgan fingerprint density at radius 2 is 1.75 bits per heavy atom. The second-order valence-electron chi connectivity index (χ2n) is 8.03. The van der Waals surface area contributed by atoms with Gasteiger partial charge in [0.1, 0.15) is 0 Å². The normalized spacial score (nSPS) is 19.3. The molecule has 148 valence electrons. The number of likely N-dealkylation sites (N-methyl/N-ethyl adjacent to an activating group) is 1. The molecule has 28 heavy (non-hydrogen) atoms. The molecule has 0 saturated carbocycles. The Labute approximate surface area is 165 Å². The molecule has 2 N–H and O–H groups in total. The van der Waals surface area contributed by atoms with Crippen molar-refractivity contribution in [2.75, 3.05) is 19.5 Å². The van der Waals surface area contributed by atoms with Crippen molar-refractivity contribution < 1.29 is 14.3 Å². The maximum atomic E-state index is 12.7. The number of hydrogen-bond donors (Lipinski definition) is 2. The maximum absolute atomic E-state index is 12.7. The van der Waals surface area contributed by atoms with Gasteiger partial charge in [0.25, 0.3) is 0 Å². The van der Waals surface area contributed by atoms with Crippen molar-refractivity contribution in [1.82, 2.24) is 10.2 Å². The van der Waals surface area contributed by atoms with E-state index < -0.39 is 12.1 Å². The van der Waals surface area contributed by atoms with Crippen molar-refractivity contribution in [3.05, 3.63) is 54.2 Å². The number of allylic oxidation sites excluding steroid dienone is 1. The van der Waals surface area contributed by atoms with Crippen molar-refractivity contribution in [1.29, 1.82) is 0 Å². The molecular formula is C22H27N3O3. The molecule has 2 unspecified atom stereocenters. The molecule has 0 radical (unpaired) electrons. The van der Waals surface area contributed by atoms with E-state index in [9.17, 15) is 9.59 Å². The number of carbonyl (C=O) groups excluding carboxylic acids is 2. The summed E-state index contributed by atoms with van der Waals surface area (Å²) in [6.07, 6.45) is 1.93. The van der Waals surface area contributed by atoms with Crippen LogP contribution in [0.2, 0.25) is 0 Å². The summed E-state index contributed by atoms with van der Waals surface area (Å²) in [6.45, 7) is 6.21. The van der Waals surface area contributed by atoms with Gasteiger partial charge in [-0.2, -0.15) is 0 Å². The van der Waals surface area contributed by atoms with Crippen LogP contribution in [0.15, 0.2) is 54.2 Å². The third kappa shape index (κ3) is 3.81. The smallest absolute Gasteiger partial charge is 0.330 e. The highest BCUT2D eigenvalue weighted by Gasteiger charge is 2.42. The van der Waals surface area contributed by atoms with E-state index >= 15 is 0 Å². The van der Waals surface area contributed by atoms with Gasteiger partial charge in [-0.05, 0) is 17.5 Å². The monoisotopic (exact) mass is 381 g/mol. The first-order valence-electron chi connectivity index (χ1n) is 9.30. The van der Waals surface area contributed by atoms with Crippen molar-refractivity contribution in [3.8, 4) is 0 Å². The van der Waals surface area contributed by atoms with Gasteiger partial charge in [0.15, 0.2) is 6.04 Å².